The molecule has 0 aliphatic carbocycles. The van der Waals surface area contributed by atoms with Gasteiger partial charge in [-0.05, 0) is 12.1 Å². The highest BCUT2D eigenvalue weighted by molar-refractivity contribution is 5.52. The summed E-state index contributed by atoms with van der Waals surface area (Å²) in [5.41, 5.74) is 3.97. The number of diazo groups is 1. The highest BCUT2D eigenvalue weighted by Crippen LogP contribution is 2.15. The molecule has 0 bridgehead atoms. The van der Waals surface area contributed by atoms with Gasteiger partial charge in [-0.25, -0.2) is 0 Å². The summed E-state index contributed by atoms with van der Waals surface area (Å²) < 4.78 is 0. The lowest BCUT2D eigenvalue weighted by molar-refractivity contribution is 0.271. The second-order valence-corrected chi connectivity index (χ2v) is 1.95. The summed E-state index contributed by atoms with van der Waals surface area (Å²) >= 11 is 0. The van der Waals surface area contributed by atoms with E-state index in [9.17, 15) is 0 Å². The minimum atomic E-state index is 0.520. The van der Waals surface area contributed by atoms with Crippen LogP contribution < -0.4 is 5.48 Å². The molecule has 0 saturated heterocycles. The van der Waals surface area contributed by atoms with Crippen molar-refractivity contribution in [1.29, 1.82) is 5.39 Å². The van der Waals surface area contributed by atoms with E-state index in [1.807, 2.05) is 0 Å². The Morgan fingerprint density at radius 3 is 2.45 bits per heavy atom. The predicted octanol–water partition coefficient (Wildman–Crippen LogP) is 2.14. The van der Waals surface area contributed by atoms with Gasteiger partial charge < -0.3 is 0 Å². The van der Waals surface area contributed by atoms with E-state index < -0.39 is 0 Å². The molecule has 4 nitrogen and oxygen atoms in total. The van der Waals surface area contributed by atoms with Gasteiger partial charge in [0.15, 0.2) is 4.98 Å². The van der Waals surface area contributed by atoms with Crippen LogP contribution in [-0.2, 0) is 4.84 Å². The molecule has 1 rings (SSSR count). The van der Waals surface area contributed by atoms with E-state index in [2.05, 4.69) is 15.3 Å². The van der Waals surface area contributed by atoms with Crippen molar-refractivity contribution in [2.75, 3.05) is 12.6 Å². The van der Waals surface area contributed by atoms with Crippen molar-refractivity contribution in [3.05, 3.63) is 29.2 Å². The summed E-state index contributed by atoms with van der Waals surface area (Å²) in [6.07, 6.45) is 0. The largest absolute Gasteiger partial charge is 0.385 e. The first kappa shape index (κ1) is 7.51. The number of anilines is 1. The second-order valence-electron chi connectivity index (χ2n) is 1.95. The fraction of sp³-hybridized carbons (Fsp3) is 0.143. The highest BCUT2D eigenvalue weighted by atomic mass is 16.6. The fourth-order valence-electron chi connectivity index (χ4n) is 0.714. The van der Waals surface area contributed by atoms with Crippen LogP contribution in [0.3, 0.4) is 0 Å². The topological polar surface area (TPSA) is 49.4 Å². The maximum Gasteiger partial charge on any atom is 0.385 e. The molecule has 0 aliphatic heterocycles. The summed E-state index contributed by atoms with van der Waals surface area (Å²) in [4.78, 5) is 7.66. The number of nitrogens with zero attached hydrogens (tertiary/aromatic N) is 2. The zero-order valence-corrected chi connectivity index (χ0v) is 6.11. The van der Waals surface area contributed by atoms with Crippen molar-refractivity contribution >= 4 is 11.4 Å². The van der Waals surface area contributed by atoms with E-state index in [4.69, 9.17) is 5.39 Å². The quantitative estimate of drug-likeness (QED) is 0.519. The van der Waals surface area contributed by atoms with Gasteiger partial charge in [-0.3, -0.25) is 10.3 Å². The lowest BCUT2D eigenvalue weighted by Crippen LogP contribution is -1.93. The molecule has 56 valence electrons. The van der Waals surface area contributed by atoms with Crippen LogP contribution in [-0.4, -0.2) is 7.11 Å². The average molecular weight is 150 g/mol. The van der Waals surface area contributed by atoms with Crippen LogP contribution >= 0.6 is 0 Å². The van der Waals surface area contributed by atoms with Gasteiger partial charge in [0, 0.05) is 12.1 Å². The standard InChI is InChI=1S/C7H8N3O/c1-11-10-7-4-2-6(9-8)3-5-7/h2-5,10H,1H3/q+1. The van der Waals surface area contributed by atoms with Gasteiger partial charge in [0.1, 0.15) is 0 Å². The Hall–Kier alpha value is -1.60. The third-order valence-corrected chi connectivity index (χ3v) is 1.20. The van der Waals surface area contributed by atoms with Crippen molar-refractivity contribution < 1.29 is 4.84 Å². The molecule has 0 aliphatic rings. The molecule has 0 fully saturated rings. The van der Waals surface area contributed by atoms with Gasteiger partial charge in [0.05, 0.1) is 12.8 Å². The molecule has 0 heterocycles. The first-order valence-electron chi connectivity index (χ1n) is 3.11. The monoisotopic (exact) mass is 150 g/mol. The van der Waals surface area contributed by atoms with Gasteiger partial charge in [0.2, 0.25) is 5.39 Å². The Bertz CT molecular complexity index is 262. The first-order valence-corrected chi connectivity index (χ1v) is 3.11. The third-order valence-electron chi connectivity index (χ3n) is 1.20. The zero-order valence-electron chi connectivity index (χ0n) is 6.11. The summed E-state index contributed by atoms with van der Waals surface area (Å²) in [6.45, 7) is 0. The molecule has 11 heavy (non-hydrogen) atoms. The molecule has 1 aromatic carbocycles. The molecule has 0 saturated carbocycles. The predicted molar refractivity (Wildman–Crippen MR) is 41.8 cm³/mol. The smallest absolute Gasteiger partial charge is 0.279 e. The lowest BCUT2D eigenvalue weighted by Gasteiger charge is -1.98. The molecule has 0 spiro atoms. The van der Waals surface area contributed by atoms with E-state index in [1.54, 1.807) is 24.3 Å². The third kappa shape index (κ3) is 1.92. The highest BCUT2D eigenvalue weighted by Gasteiger charge is 2.01. The number of rotatable bonds is 2. The van der Waals surface area contributed by atoms with Crippen molar-refractivity contribution in [1.82, 2.24) is 0 Å². The maximum absolute atomic E-state index is 8.33. The molecule has 0 unspecified atom stereocenters. The summed E-state index contributed by atoms with van der Waals surface area (Å²) in [5, 5.41) is 8.33. The van der Waals surface area contributed by atoms with E-state index in [0.717, 1.165) is 5.69 Å². The molecule has 0 radical (unpaired) electrons. The first-order chi connectivity index (χ1) is 5.36. The van der Waals surface area contributed by atoms with E-state index in [0.29, 0.717) is 5.69 Å². The zero-order chi connectivity index (χ0) is 8.10. The van der Waals surface area contributed by atoms with Crippen molar-refractivity contribution in [3.63, 3.8) is 0 Å². The second kappa shape index (κ2) is 3.54. The summed E-state index contributed by atoms with van der Waals surface area (Å²) in [5.74, 6) is 0. The molecule has 4 heteroatoms. The minimum Gasteiger partial charge on any atom is -0.279 e. The van der Waals surface area contributed by atoms with Gasteiger partial charge >= 0.3 is 5.69 Å². The fourth-order valence-corrected chi connectivity index (χ4v) is 0.714. The number of hydrogen-bond acceptors (Lipinski definition) is 3. The van der Waals surface area contributed by atoms with Crippen LogP contribution in [0.4, 0.5) is 11.4 Å². The number of benzene rings is 1. The van der Waals surface area contributed by atoms with Crippen LogP contribution in [0, 0.1) is 5.39 Å². The summed E-state index contributed by atoms with van der Waals surface area (Å²) in [7, 11) is 1.53. The summed E-state index contributed by atoms with van der Waals surface area (Å²) in [6, 6.07) is 6.83. The normalized spacial score (nSPS) is 8.73. The Kier molecular flexibility index (Phi) is 2.42. The number of nitrogens with one attached hydrogen (secondary N) is 1. The molecule has 0 amide bonds. The Morgan fingerprint density at radius 1 is 1.36 bits per heavy atom. The van der Waals surface area contributed by atoms with Crippen LogP contribution in [0.5, 0.6) is 0 Å². The Morgan fingerprint density at radius 2 is 2.00 bits per heavy atom. The van der Waals surface area contributed by atoms with Crippen molar-refractivity contribution in [2.45, 2.75) is 0 Å². The van der Waals surface area contributed by atoms with Gasteiger partial charge in [-0.2, -0.15) is 0 Å². The molecule has 1 N–H and O–H groups in total. The molecule has 0 aromatic heterocycles. The van der Waals surface area contributed by atoms with Crippen LogP contribution in [0.1, 0.15) is 0 Å². The average Bonchev–Trinajstić information content (AvgIpc) is 2.07. The van der Waals surface area contributed by atoms with E-state index >= 15 is 0 Å². The van der Waals surface area contributed by atoms with E-state index in [1.165, 1.54) is 7.11 Å². The SMILES string of the molecule is CONc1ccc([N+]#N)cc1. The van der Waals surface area contributed by atoms with Crippen LogP contribution in [0.2, 0.25) is 0 Å². The molecular weight excluding hydrogens is 142 g/mol. The lowest BCUT2D eigenvalue weighted by atomic mass is 10.3. The number of hydrogen-bond donors (Lipinski definition) is 1. The Labute approximate surface area is 64.4 Å². The maximum atomic E-state index is 8.33. The van der Waals surface area contributed by atoms with Gasteiger partial charge in [0.25, 0.3) is 0 Å². The Balaban J connectivity index is 2.76. The van der Waals surface area contributed by atoms with Crippen LogP contribution in [0.25, 0.3) is 4.98 Å². The molecule has 0 atom stereocenters. The van der Waals surface area contributed by atoms with E-state index in [-0.39, 0.29) is 0 Å². The molecule has 1 aromatic rings. The van der Waals surface area contributed by atoms with Crippen molar-refractivity contribution in [3.8, 4) is 0 Å². The van der Waals surface area contributed by atoms with Gasteiger partial charge in [-0.15, -0.1) is 0 Å². The van der Waals surface area contributed by atoms with Crippen molar-refractivity contribution in [2.24, 2.45) is 0 Å². The minimum absolute atomic E-state index is 0.520. The molecular formula is C7H8N3O+. The van der Waals surface area contributed by atoms with Crippen LogP contribution in [0.15, 0.2) is 24.3 Å². The van der Waals surface area contributed by atoms with Gasteiger partial charge in [-0.1, -0.05) is 0 Å².